The number of nitrogens with zero attached hydrogens (tertiary/aromatic N) is 4. The summed E-state index contributed by atoms with van der Waals surface area (Å²) in [6.45, 7) is 0. The lowest BCUT2D eigenvalue weighted by Gasteiger charge is -2.19. The number of benzene rings is 3. The van der Waals surface area contributed by atoms with Crippen molar-refractivity contribution < 1.29 is 60.6 Å². The van der Waals surface area contributed by atoms with Gasteiger partial charge in [0.25, 0.3) is 0 Å². The maximum atomic E-state index is 16.5. The first-order chi connectivity index (χ1) is 49.6. The Hall–Kier alpha value is -12.8. The van der Waals surface area contributed by atoms with Gasteiger partial charge < -0.3 is 60.6 Å². The van der Waals surface area contributed by atoms with Gasteiger partial charge in [-0.05, 0) is 97.1 Å². The van der Waals surface area contributed by atoms with Gasteiger partial charge >= 0.3 is 55.3 Å². The third-order valence-corrected chi connectivity index (χ3v) is 16.9. The molecule has 0 N–H and O–H groups in total. The molecule has 0 spiro atoms. The van der Waals surface area contributed by atoms with E-state index in [-0.39, 0.29) is 79.3 Å². The standard InChI is InChI=1S/C77H49N4O8.3BF4/c1-78-57-37-21-5-15-31-51(57)66(72(78)82)63(67-52-32-16-6-22-38-58(52)79(2)73(67)83)46-43-47(45-48(44-46)65(70-55-35-19-9-25-41-61(55)88-76(70)86)71-56-36-20-10-26-42-62(56)89-77(71)87)64(68-53-33-17-7-23-39-59(53)80(74(68)84)49-27-11-3-12-28-49)69-54-34-18-8-24-40-60(54)81(75(69)85)50-29-13-4-14-30-50;3*2-1(3,4)5/h3-45H,1-2H3;;;/q+3;3*-1. The molecule has 27 heteroatoms. The van der Waals surface area contributed by atoms with Crippen molar-refractivity contribution in [2.75, 3.05) is 0 Å². The first-order valence-corrected chi connectivity index (χ1v) is 31.6. The first kappa shape index (κ1) is 71.0. The van der Waals surface area contributed by atoms with E-state index in [1.165, 1.54) is 0 Å². The summed E-state index contributed by atoms with van der Waals surface area (Å²) >= 11 is 0. The van der Waals surface area contributed by atoms with Gasteiger partial charge in [0, 0.05) is 32.3 Å². The number of rotatable bonds is 11. The van der Waals surface area contributed by atoms with Crippen molar-refractivity contribution in [3.63, 3.8) is 0 Å². The molecule has 0 atom stereocenters. The predicted molar refractivity (Wildman–Crippen MR) is 376 cm³/mol. The van der Waals surface area contributed by atoms with Crippen molar-refractivity contribution in [3.05, 3.63) is 391 Å². The molecule has 0 aromatic heterocycles. The van der Waals surface area contributed by atoms with Gasteiger partial charge in [-0.1, -0.05) is 146 Å². The normalized spacial score (nSPS) is 11.6. The van der Waals surface area contributed by atoms with Crippen molar-refractivity contribution in [1.82, 2.24) is 18.3 Å². The van der Waals surface area contributed by atoms with Crippen LogP contribution in [0.2, 0.25) is 0 Å². The average molecular weight is 1420 g/mol. The molecule has 0 fully saturated rings. The zero-order valence-corrected chi connectivity index (χ0v) is 54.1. The second kappa shape index (κ2) is 28.7. The Morgan fingerprint density at radius 3 is 0.788 bits per heavy atom. The Morgan fingerprint density at radius 2 is 0.490 bits per heavy atom. The average Bonchev–Trinajstić information content (AvgIpc) is 1.54. The van der Waals surface area contributed by atoms with Crippen molar-refractivity contribution in [2.24, 2.45) is 14.1 Å². The summed E-state index contributed by atoms with van der Waals surface area (Å²) in [6.07, 6.45) is 0. The number of halogens is 12. The lowest BCUT2D eigenvalue weighted by molar-refractivity contribution is 0.366. The largest absolute Gasteiger partial charge is 0.673 e. The molecule has 0 unspecified atom stereocenters. The molecular weight excluding hydrogens is 1370 g/mol. The van der Waals surface area contributed by atoms with E-state index in [9.17, 15) is 51.8 Å². The van der Waals surface area contributed by atoms with E-state index >= 15 is 28.8 Å². The van der Waals surface area contributed by atoms with Crippen LogP contribution < -0.4 is 33.5 Å². The smallest absolute Gasteiger partial charge is 0.418 e. The molecule has 12 aliphatic rings. The summed E-state index contributed by atoms with van der Waals surface area (Å²) < 4.78 is 136. The third-order valence-electron chi connectivity index (χ3n) is 16.9. The highest BCUT2D eigenvalue weighted by molar-refractivity contribution is 6.50. The van der Waals surface area contributed by atoms with Gasteiger partial charge in [0.1, 0.15) is 22.3 Å². The molecule has 104 heavy (non-hydrogen) atoms. The fraction of sp³-hybridized carbons (Fsp3) is 0.0260. The van der Waals surface area contributed by atoms with Gasteiger partial charge in [-0.25, -0.2) is 37.9 Å². The molecule has 0 bridgehead atoms. The maximum Gasteiger partial charge on any atom is 0.673 e. The highest BCUT2D eigenvalue weighted by atomic mass is 19.5. The van der Waals surface area contributed by atoms with Gasteiger partial charge in [-0.2, -0.15) is 0 Å². The summed E-state index contributed by atoms with van der Waals surface area (Å²) in [5, 5.41) is 0. The molecule has 0 radical (unpaired) electrons. The van der Waals surface area contributed by atoms with Gasteiger partial charge in [0.15, 0.2) is 22.6 Å². The van der Waals surface area contributed by atoms with E-state index in [1.54, 1.807) is 105 Å². The first-order valence-electron chi connectivity index (χ1n) is 31.6. The fourth-order valence-corrected chi connectivity index (χ4v) is 13.0. The molecule has 15 rings (SSSR count). The minimum Gasteiger partial charge on any atom is -0.418 e. The zero-order valence-electron chi connectivity index (χ0n) is 54.1. The maximum absolute atomic E-state index is 16.5. The molecule has 518 valence electrons. The van der Waals surface area contributed by atoms with Gasteiger partial charge in [-0.15, -0.1) is 0 Å². The highest BCUT2D eigenvalue weighted by Crippen LogP contribution is 2.49. The van der Waals surface area contributed by atoms with Crippen LogP contribution in [0.15, 0.2) is 298 Å². The van der Waals surface area contributed by atoms with Crippen LogP contribution >= 0.6 is 0 Å². The minimum atomic E-state index is -6.00. The number of fused-ring (bicyclic) bond motifs is 6. The van der Waals surface area contributed by atoms with Crippen LogP contribution in [-0.2, 0) is 14.1 Å². The van der Waals surface area contributed by atoms with E-state index in [2.05, 4.69) is 0 Å². The molecule has 3 aromatic carbocycles. The van der Waals surface area contributed by atoms with Crippen molar-refractivity contribution in [3.8, 4) is 79.1 Å². The quantitative estimate of drug-likeness (QED) is 0.0706. The second-order valence-electron chi connectivity index (χ2n) is 23.3. The molecule has 6 aliphatic heterocycles. The Bertz CT molecular complexity index is 5460. The molecule has 6 heterocycles. The van der Waals surface area contributed by atoms with Crippen LogP contribution in [0.4, 0.5) is 51.8 Å². The Labute approximate surface area is 582 Å². The SMILES string of the molecule is Cn1c2cccccc-2c([C+](c2cc([C+](c3c4cccccc-4oc3=O)c3c4cccccc-4oc3=O)cc([C+](c3c4cccccc-4n(-c4ccccc4)c3=O)c3c4cccccc-4n(-c4ccccc4)c3=O)c2)c2c3cccccc-3n(C)c2=O)c1=O.F[B-](F)(F)F.F[B-](F)(F)F.F[B-](F)(F)F. The summed E-state index contributed by atoms with van der Waals surface area (Å²) in [5.74, 6) is 0.907. The van der Waals surface area contributed by atoms with E-state index < -0.39 is 55.3 Å². The van der Waals surface area contributed by atoms with Crippen molar-refractivity contribution in [2.45, 2.75) is 0 Å². The monoisotopic (exact) mass is 1420 g/mol. The zero-order chi connectivity index (χ0) is 74.1. The number of aromatic nitrogens is 4. The van der Waals surface area contributed by atoms with E-state index in [0.717, 1.165) is 0 Å². The molecule has 0 saturated carbocycles. The molecular formula is C77H49B3F12N4O8. The van der Waals surface area contributed by atoms with Crippen LogP contribution in [0.3, 0.4) is 0 Å². The van der Waals surface area contributed by atoms with Crippen molar-refractivity contribution in [1.29, 1.82) is 0 Å². The second-order valence-corrected chi connectivity index (χ2v) is 23.3. The van der Waals surface area contributed by atoms with E-state index in [4.69, 9.17) is 8.83 Å². The highest BCUT2D eigenvalue weighted by Gasteiger charge is 2.47. The van der Waals surface area contributed by atoms with E-state index in [0.29, 0.717) is 67.5 Å². The minimum absolute atomic E-state index is 0.00606. The number of hydrogen-bond acceptors (Lipinski definition) is 8. The number of para-hydroxylation sites is 2. The predicted octanol–water partition coefficient (Wildman–Crippen LogP) is 16.9. The molecule has 0 saturated heterocycles. The van der Waals surface area contributed by atoms with Crippen LogP contribution in [-0.4, -0.2) is 40.0 Å². The lowest BCUT2D eigenvalue weighted by atomic mass is 9.75. The number of hydrogen-bond donors (Lipinski definition) is 0. The van der Waals surface area contributed by atoms with Crippen LogP contribution in [0.25, 0.3) is 79.1 Å². The summed E-state index contributed by atoms with van der Waals surface area (Å²) in [5.41, 5.74) is 4.03. The van der Waals surface area contributed by atoms with Crippen LogP contribution in [0, 0.1) is 17.8 Å². The molecule has 0 amide bonds. The molecule has 12 nitrogen and oxygen atoms in total. The van der Waals surface area contributed by atoms with Gasteiger partial charge in [0.05, 0.1) is 102 Å². The molecule has 6 aliphatic carbocycles. The fourth-order valence-electron chi connectivity index (χ4n) is 13.0. The lowest BCUT2D eigenvalue weighted by Crippen LogP contribution is -2.26. The molecule has 3 aromatic rings. The van der Waals surface area contributed by atoms with Crippen molar-refractivity contribution >= 4 is 21.8 Å². The summed E-state index contributed by atoms with van der Waals surface area (Å²) in [7, 11) is -14.6. The number of furan rings is 2. The Balaban J connectivity index is 0.000000618. The Kier molecular flexibility index (Phi) is 19.6. The summed E-state index contributed by atoms with van der Waals surface area (Å²) in [4.78, 5) is 95.0. The van der Waals surface area contributed by atoms with E-state index in [1.807, 2.05) is 188 Å². The third kappa shape index (κ3) is 14.4. The van der Waals surface area contributed by atoms with Gasteiger partial charge in [-0.3, -0.25) is 9.13 Å². The summed E-state index contributed by atoms with van der Waals surface area (Å²) in [6, 6.07) is 78.3. The van der Waals surface area contributed by atoms with Gasteiger partial charge in [0.2, 0.25) is 0 Å². The Morgan fingerprint density at radius 1 is 0.269 bits per heavy atom. The van der Waals surface area contributed by atoms with Crippen LogP contribution in [0.5, 0.6) is 0 Å². The van der Waals surface area contributed by atoms with Crippen LogP contribution in [0.1, 0.15) is 50.1 Å². The topological polar surface area (TPSA) is 148 Å².